The molecule has 102 valence electrons. The number of piperidine rings is 1. The second-order valence-corrected chi connectivity index (χ2v) is 7.75. The van der Waals surface area contributed by atoms with Gasteiger partial charge >= 0.3 is 0 Å². The Morgan fingerprint density at radius 2 is 1.88 bits per heavy atom. The van der Waals surface area contributed by atoms with Crippen molar-refractivity contribution in [3.05, 3.63) is 0 Å². The van der Waals surface area contributed by atoms with Gasteiger partial charge in [-0.25, -0.2) is 0 Å². The lowest BCUT2D eigenvalue weighted by Gasteiger charge is -2.35. The van der Waals surface area contributed by atoms with Crippen LogP contribution < -0.4 is 5.32 Å². The summed E-state index contributed by atoms with van der Waals surface area (Å²) < 4.78 is 0. The monoisotopic (exact) mass is 258 g/mol. The maximum absolute atomic E-state index is 3.43. The number of thioether (sulfide) groups is 1. The normalized spacial score (nSPS) is 20.8. The molecule has 17 heavy (non-hydrogen) atoms. The van der Waals surface area contributed by atoms with Crippen LogP contribution in [0.4, 0.5) is 0 Å². The van der Waals surface area contributed by atoms with Crippen molar-refractivity contribution >= 4 is 11.8 Å². The average Bonchev–Trinajstić information content (AvgIpc) is 2.28. The molecule has 1 N–H and O–H groups in total. The summed E-state index contributed by atoms with van der Waals surface area (Å²) in [6.07, 6.45) is 2.70. The van der Waals surface area contributed by atoms with Crippen LogP contribution in [0.15, 0.2) is 0 Å². The molecule has 0 spiro atoms. The van der Waals surface area contributed by atoms with Gasteiger partial charge in [0.2, 0.25) is 0 Å². The van der Waals surface area contributed by atoms with Crippen LogP contribution in [0, 0.1) is 5.41 Å². The summed E-state index contributed by atoms with van der Waals surface area (Å²) in [6, 6.07) is 0.649. The third-order valence-electron chi connectivity index (χ3n) is 4.00. The number of hydrogen-bond acceptors (Lipinski definition) is 3. The number of rotatable bonds is 5. The van der Waals surface area contributed by atoms with Gasteiger partial charge in [-0.3, -0.25) is 0 Å². The van der Waals surface area contributed by atoms with E-state index in [-0.39, 0.29) is 0 Å². The highest BCUT2D eigenvalue weighted by Crippen LogP contribution is 2.24. The van der Waals surface area contributed by atoms with Crippen molar-refractivity contribution < 1.29 is 0 Å². The van der Waals surface area contributed by atoms with E-state index in [1.54, 1.807) is 0 Å². The van der Waals surface area contributed by atoms with Crippen molar-refractivity contribution in [2.45, 2.75) is 51.8 Å². The van der Waals surface area contributed by atoms with Gasteiger partial charge in [-0.05, 0) is 45.3 Å². The van der Waals surface area contributed by atoms with Crippen LogP contribution in [0.25, 0.3) is 0 Å². The molecule has 0 aromatic rings. The van der Waals surface area contributed by atoms with E-state index in [1.165, 1.54) is 38.2 Å². The van der Waals surface area contributed by atoms with E-state index in [9.17, 15) is 0 Å². The Balaban J connectivity index is 2.17. The van der Waals surface area contributed by atoms with Crippen LogP contribution in [0.1, 0.15) is 40.5 Å². The van der Waals surface area contributed by atoms with Gasteiger partial charge < -0.3 is 10.2 Å². The fourth-order valence-electron chi connectivity index (χ4n) is 2.18. The molecule has 0 radical (unpaired) electrons. The molecule has 1 rings (SSSR count). The molecule has 1 saturated heterocycles. The fraction of sp³-hybridized carbons (Fsp3) is 1.00. The first-order valence-corrected chi connectivity index (χ1v) is 7.98. The van der Waals surface area contributed by atoms with Gasteiger partial charge in [0.25, 0.3) is 0 Å². The van der Waals surface area contributed by atoms with Gasteiger partial charge in [0, 0.05) is 23.6 Å². The van der Waals surface area contributed by atoms with Crippen LogP contribution >= 0.6 is 11.8 Å². The first-order valence-electron chi connectivity index (χ1n) is 6.94. The Labute approximate surface area is 112 Å². The zero-order chi connectivity index (χ0) is 12.9. The average molecular weight is 258 g/mol. The number of hydrogen-bond donors (Lipinski definition) is 1. The van der Waals surface area contributed by atoms with Crippen molar-refractivity contribution in [3.63, 3.8) is 0 Å². The molecule has 3 heteroatoms. The van der Waals surface area contributed by atoms with Crippen molar-refractivity contribution in [2.24, 2.45) is 5.41 Å². The fourth-order valence-corrected chi connectivity index (χ4v) is 3.48. The van der Waals surface area contributed by atoms with Crippen LogP contribution in [-0.2, 0) is 0 Å². The molecule has 0 aromatic heterocycles. The predicted octanol–water partition coefficient (Wildman–Crippen LogP) is 2.84. The van der Waals surface area contributed by atoms with E-state index in [4.69, 9.17) is 0 Å². The first-order chi connectivity index (χ1) is 7.91. The van der Waals surface area contributed by atoms with Crippen LogP contribution in [0.3, 0.4) is 0 Å². The molecular weight excluding hydrogens is 228 g/mol. The Morgan fingerprint density at radius 1 is 1.29 bits per heavy atom. The summed E-state index contributed by atoms with van der Waals surface area (Å²) in [5.74, 6) is 1.28. The minimum atomic E-state index is 0.383. The Morgan fingerprint density at radius 3 is 2.41 bits per heavy atom. The maximum Gasteiger partial charge on any atom is 0.0113 e. The topological polar surface area (TPSA) is 15.3 Å². The molecule has 1 atom stereocenters. The second-order valence-electron chi connectivity index (χ2n) is 6.34. The molecule has 1 fully saturated rings. The second kappa shape index (κ2) is 7.01. The zero-order valence-corrected chi connectivity index (χ0v) is 13.1. The van der Waals surface area contributed by atoms with E-state index < -0.39 is 0 Å². The van der Waals surface area contributed by atoms with Gasteiger partial charge in [0.05, 0.1) is 0 Å². The quantitative estimate of drug-likeness (QED) is 0.816. The predicted molar refractivity (Wildman–Crippen MR) is 79.9 cm³/mol. The molecule has 0 aliphatic carbocycles. The highest BCUT2D eigenvalue weighted by atomic mass is 32.2. The van der Waals surface area contributed by atoms with Crippen molar-refractivity contribution in [1.29, 1.82) is 0 Å². The maximum atomic E-state index is 3.43. The SMILES string of the molecule is CC(N(C)CCSC1CCNCC1)C(C)(C)C. The van der Waals surface area contributed by atoms with Crippen LogP contribution in [0.5, 0.6) is 0 Å². The van der Waals surface area contributed by atoms with E-state index in [0.717, 1.165) is 5.25 Å². The Kier molecular flexibility index (Phi) is 6.32. The van der Waals surface area contributed by atoms with Crippen molar-refractivity contribution in [3.8, 4) is 0 Å². The van der Waals surface area contributed by atoms with Crippen LogP contribution in [0.2, 0.25) is 0 Å². The van der Waals surface area contributed by atoms with Gasteiger partial charge in [0.1, 0.15) is 0 Å². The van der Waals surface area contributed by atoms with Crippen molar-refractivity contribution in [2.75, 3.05) is 32.4 Å². The van der Waals surface area contributed by atoms with Crippen molar-refractivity contribution in [1.82, 2.24) is 10.2 Å². The third kappa shape index (κ3) is 5.62. The minimum absolute atomic E-state index is 0.383. The molecule has 2 nitrogen and oxygen atoms in total. The molecule has 0 amide bonds. The Bertz CT molecular complexity index is 207. The van der Waals surface area contributed by atoms with E-state index in [1.807, 2.05) is 0 Å². The lowest BCUT2D eigenvalue weighted by Crippen LogP contribution is -2.40. The molecule has 1 aliphatic heterocycles. The molecular formula is C14H30N2S. The number of nitrogens with zero attached hydrogens (tertiary/aromatic N) is 1. The molecule has 1 unspecified atom stereocenters. The largest absolute Gasteiger partial charge is 0.317 e. The summed E-state index contributed by atoms with van der Waals surface area (Å²) in [5.41, 5.74) is 0.383. The molecule has 1 heterocycles. The lowest BCUT2D eigenvalue weighted by atomic mass is 9.87. The Hall–Kier alpha value is 0.270. The summed E-state index contributed by atoms with van der Waals surface area (Å²) >= 11 is 2.17. The van der Waals surface area contributed by atoms with E-state index >= 15 is 0 Å². The highest BCUT2D eigenvalue weighted by Gasteiger charge is 2.23. The molecule has 1 aliphatic rings. The minimum Gasteiger partial charge on any atom is -0.317 e. The summed E-state index contributed by atoms with van der Waals surface area (Å²) in [4.78, 5) is 2.51. The summed E-state index contributed by atoms with van der Waals surface area (Å²) in [7, 11) is 2.26. The smallest absolute Gasteiger partial charge is 0.0113 e. The summed E-state index contributed by atoms with van der Waals surface area (Å²) in [5, 5.41) is 4.33. The zero-order valence-electron chi connectivity index (χ0n) is 12.3. The standard InChI is InChI=1S/C14H30N2S/c1-12(14(2,3)4)16(5)10-11-17-13-6-8-15-9-7-13/h12-13,15H,6-11H2,1-5H3. The van der Waals surface area contributed by atoms with E-state index in [0.29, 0.717) is 11.5 Å². The van der Waals surface area contributed by atoms with E-state index in [2.05, 4.69) is 56.7 Å². The molecule has 0 aromatic carbocycles. The highest BCUT2D eigenvalue weighted by molar-refractivity contribution is 7.99. The molecule has 0 saturated carbocycles. The van der Waals surface area contributed by atoms with Gasteiger partial charge in [-0.15, -0.1) is 0 Å². The molecule has 0 bridgehead atoms. The van der Waals surface area contributed by atoms with Gasteiger partial charge in [0.15, 0.2) is 0 Å². The van der Waals surface area contributed by atoms with Gasteiger partial charge in [-0.1, -0.05) is 20.8 Å². The first kappa shape index (κ1) is 15.3. The lowest BCUT2D eigenvalue weighted by molar-refractivity contribution is 0.148. The third-order valence-corrected chi connectivity index (χ3v) is 5.36. The van der Waals surface area contributed by atoms with Gasteiger partial charge in [-0.2, -0.15) is 11.8 Å². The van der Waals surface area contributed by atoms with Crippen LogP contribution in [-0.4, -0.2) is 48.6 Å². The summed E-state index contributed by atoms with van der Waals surface area (Å²) in [6.45, 7) is 13.0. The number of nitrogens with one attached hydrogen (secondary N) is 1.